The number of aromatic nitrogens is 4. The van der Waals surface area contributed by atoms with Crippen LogP contribution in [0.25, 0.3) is 10.3 Å². The van der Waals surface area contributed by atoms with Crippen molar-refractivity contribution in [3.8, 4) is 5.75 Å². The molecular formula is C33H39N9O8S. The Morgan fingerprint density at radius 1 is 1.10 bits per heavy atom. The number of ether oxygens (including phenoxy) is 2. The number of hydrogen-bond acceptors (Lipinski definition) is 12. The molecule has 0 bridgehead atoms. The second-order valence-corrected chi connectivity index (χ2v) is 13.2. The van der Waals surface area contributed by atoms with E-state index in [1.807, 2.05) is 6.92 Å². The van der Waals surface area contributed by atoms with Crippen molar-refractivity contribution in [2.45, 2.75) is 66.2 Å². The largest absolute Gasteiger partial charge is 0.491 e. The number of carbonyl (C=O) groups excluding carboxylic acids is 4. The van der Waals surface area contributed by atoms with Gasteiger partial charge in [0.1, 0.15) is 17.0 Å². The number of thiazole rings is 1. The smallest absolute Gasteiger partial charge is 0.306 e. The molecule has 4 rings (SSSR count). The van der Waals surface area contributed by atoms with Gasteiger partial charge in [-0.25, -0.2) is 4.98 Å². The van der Waals surface area contributed by atoms with E-state index in [-0.39, 0.29) is 55.1 Å². The number of carbonyl (C=O) groups is 4. The number of hydrogen-bond donors (Lipinski definition) is 3. The number of nitro benzene ring substituents is 1. The van der Waals surface area contributed by atoms with Gasteiger partial charge in [0.2, 0.25) is 11.8 Å². The minimum atomic E-state index is -0.881. The van der Waals surface area contributed by atoms with Gasteiger partial charge in [0, 0.05) is 43.9 Å². The van der Waals surface area contributed by atoms with Crippen molar-refractivity contribution in [2.75, 3.05) is 18.5 Å². The standard InChI is InChI=1S/C33H39N9O8S/c1-6-41-23(14-19(2)39-41)31(46)38-32-40(30-25(51-32)17-21(18-37-30)29(35)45)12-8-7-11-36-27-22(42(47)48)15-20(28(34)44)16-24(27)49-13-9-10-26(43)50-33(3,4)5/h7-8,14-18,36H,6,9-13H2,1-5H3,(H2,34,44)(H2,35,45)/b8-7+,38-32?. The zero-order chi connectivity index (χ0) is 37.5. The van der Waals surface area contributed by atoms with Crippen molar-refractivity contribution in [2.24, 2.45) is 16.5 Å². The molecule has 0 saturated carbocycles. The van der Waals surface area contributed by atoms with Crippen LogP contribution in [0.5, 0.6) is 5.75 Å². The number of nitrogens with zero attached hydrogens (tertiary/aromatic N) is 6. The number of amides is 3. The number of nitro groups is 1. The molecule has 17 nitrogen and oxygen atoms in total. The average molecular weight is 722 g/mol. The normalized spacial score (nSPS) is 12.0. The van der Waals surface area contributed by atoms with Crippen LogP contribution in [0.15, 0.2) is 47.6 Å². The molecule has 0 atom stereocenters. The summed E-state index contributed by atoms with van der Waals surface area (Å²) < 4.78 is 14.9. The number of fused-ring (bicyclic) bond motifs is 1. The third kappa shape index (κ3) is 9.84. The van der Waals surface area contributed by atoms with Crippen molar-refractivity contribution in [3.63, 3.8) is 0 Å². The van der Waals surface area contributed by atoms with Gasteiger partial charge >= 0.3 is 5.97 Å². The summed E-state index contributed by atoms with van der Waals surface area (Å²) in [5, 5.41) is 19.3. The second kappa shape index (κ2) is 16.2. The van der Waals surface area contributed by atoms with Gasteiger partial charge in [-0.2, -0.15) is 10.1 Å². The van der Waals surface area contributed by atoms with E-state index in [0.29, 0.717) is 33.1 Å². The van der Waals surface area contributed by atoms with Crippen LogP contribution in [-0.4, -0.2) is 66.7 Å². The highest BCUT2D eigenvalue weighted by Crippen LogP contribution is 2.36. The van der Waals surface area contributed by atoms with Gasteiger partial charge in [-0.1, -0.05) is 23.5 Å². The fourth-order valence-electron chi connectivity index (χ4n) is 4.84. The molecule has 1 aromatic carbocycles. The summed E-state index contributed by atoms with van der Waals surface area (Å²) in [6, 6.07) is 5.57. The number of primary amides is 2. The van der Waals surface area contributed by atoms with E-state index in [9.17, 15) is 29.3 Å². The van der Waals surface area contributed by atoms with Crippen LogP contribution in [0.1, 0.15) is 77.4 Å². The van der Waals surface area contributed by atoms with Crippen LogP contribution in [0.2, 0.25) is 0 Å². The van der Waals surface area contributed by atoms with E-state index in [2.05, 4.69) is 20.4 Å². The lowest BCUT2D eigenvalue weighted by Gasteiger charge is -2.19. The molecule has 0 saturated heterocycles. The monoisotopic (exact) mass is 721 g/mol. The number of benzene rings is 1. The third-order valence-corrected chi connectivity index (χ3v) is 8.05. The number of nitrogens with two attached hydrogens (primary N) is 2. The fourth-order valence-corrected chi connectivity index (χ4v) is 5.88. The minimum Gasteiger partial charge on any atom is -0.491 e. The van der Waals surface area contributed by atoms with E-state index >= 15 is 0 Å². The van der Waals surface area contributed by atoms with Crippen LogP contribution in [0.4, 0.5) is 11.4 Å². The molecule has 0 unspecified atom stereocenters. The predicted molar refractivity (Wildman–Crippen MR) is 188 cm³/mol. The highest BCUT2D eigenvalue weighted by molar-refractivity contribution is 7.16. The minimum absolute atomic E-state index is 0.000914. The Kier molecular flexibility index (Phi) is 12.0. The summed E-state index contributed by atoms with van der Waals surface area (Å²) in [5.74, 6) is -2.47. The molecule has 0 radical (unpaired) electrons. The highest BCUT2D eigenvalue weighted by Gasteiger charge is 2.23. The van der Waals surface area contributed by atoms with Gasteiger partial charge in [0.15, 0.2) is 16.1 Å². The molecule has 0 aliphatic rings. The van der Waals surface area contributed by atoms with Crippen LogP contribution in [0.3, 0.4) is 0 Å². The number of rotatable bonds is 15. The topological polar surface area (TPSA) is 242 Å². The van der Waals surface area contributed by atoms with Crippen molar-refractivity contribution in [1.29, 1.82) is 0 Å². The molecule has 3 aromatic heterocycles. The molecule has 0 spiro atoms. The molecule has 3 amide bonds. The molecule has 270 valence electrons. The summed E-state index contributed by atoms with van der Waals surface area (Å²) >= 11 is 1.15. The summed E-state index contributed by atoms with van der Waals surface area (Å²) in [6.45, 7) is 9.62. The quantitative estimate of drug-likeness (QED) is 0.0526. The zero-order valence-corrected chi connectivity index (χ0v) is 29.6. The van der Waals surface area contributed by atoms with E-state index in [1.165, 1.54) is 12.3 Å². The van der Waals surface area contributed by atoms with Crippen molar-refractivity contribution >= 4 is 56.7 Å². The Balaban J connectivity index is 1.58. The second-order valence-electron chi connectivity index (χ2n) is 12.2. The Morgan fingerprint density at radius 2 is 1.82 bits per heavy atom. The third-order valence-electron chi connectivity index (χ3n) is 7.04. The molecule has 0 fully saturated rings. The number of esters is 1. The molecular weight excluding hydrogens is 682 g/mol. The number of anilines is 1. The molecule has 4 aromatic rings. The molecule has 3 heterocycles. The molecule has 0 aliphatic carbocycles. The first-order chi connectivity index (χ1) is 24.1. The number of allylic oxidation sites excluding steroid dienone is 1. The van der Waals surface area contributed by atoms with Gasteiger partial charge in [0.05, 0.1) is 27.5 Å². The highest BCUT2D eigenvalue weighted by atomic mass is 32.1. The predicted octanol–water partition coefficient (Wildman–Crippen LogP) is 3.64. The number of nitrogens with one attached hydrogen (secondary N) is 1. The lowest BCUT2D eigenvalue weighted by Crippen LogP contribution is -2.24. The Bertz CT molecular complexity index is 2090. The first-order valence-corrected chi connectivity index (χ1v) is 16.7. The Hall–Kier alpha value is -5.91. The van der Waals surface area contributed by atoms with Crippen molar-refractivity contribution < 1.29 is 33.6 Å². The Labute approximate surface area is 296 Å². The Morgan fingerprint density at radius 3 is 2.47 bits per heavy atom. The van der Waals surface area contributed by atoms with Crippen molar-refractivity contribution in [1.82, 2.24) is 19.3 Å². The van der Waals surface area contributed by atoms with Gasteiger partial charge < -0.3 is 26.3 Å². The maximum atomic E-state index is 13.2. The first-order valence-electron chi connectivity index (χ1n) is 15.9. The maximum absolute atomic E-state index is 13.2. The van der Waals surface area contributed by atoms with Crippen LogP contribution in [0, 0.1) is 17.0 Å². The lowest BCUT2D eigenvalue weighted by molar-refractivity contribution is -0.384. The average Bonchev–Trinajstić information content (AvgIpc) is 3.60. The summed E-state index contributed by atoms with van der Waals surface area (Å²) in [7, 11) is 0. The zero-order valence-electron chi connectivity index (χ0n) is 28.8. The fraction of sp³-hybridized carbons (Fsp3) is 0.364. The van der Waals surface area contributed by atoms with Gasteiger partial charge in [-0.3, -0.25) is 38.5 Å². The van der Waals surface area contributed by atoms with E-state index in [4.69, 9.17) is 20.9 Å². The van der Waals surface area contributed by atoms with E-state index < -0.39 is 39.9 Å². The van der Waals surface area contributed by atoms with Gasteiger partial charge in [0.25, 0.3) is 11.6 Å². The molecule has 51 heavy (non-hydrogen) atoms. The van der Waals surface area contributed by atoms with Crippen LogP contribution < -0.4 is 26.3 Å². The van der Waals surface area contributed by atoms with Gasteiger partial charge in [-0.05, 0) is 59.2 Å². The van der Waals surface area contributed by atoms with Crippen molar-refractivity contribution in [3.05, 3.63) is 80.0 Å². The van der Waals surface area contributed by atoms with Gasteiger partial charge in [-0.15, -0.1) is 0 Å². The number of pyridine rings is 1. The summed E-state index contributed by atoms with van der Waals surface area (Å²) in [5.41, 5.74) is 11.3. The first kappa shape index (κ1) is 37.9. The maximum Gasteiger partial charge on any atom is 0.306 e. The van der Waals surface area contributed by atoms with Crippen LogP contribution in [-0.2, 0) is 22.6 Å². The molecule has 5 N–H and O–H groups in total. The SMILES string of the molecule is CCn1nc(C)cc1C(=O)N=c1sc2cc(C(N)=O)cnc2n1C/C=C/CNc1c(OCCCC(=O)OC(C)(C)C)cc(C(N)=O)cc1[N+](=O)[O-]. The van der Waals surface area contributed by atoms with E-state index in [0.717, 1.165) is 17.4 Å². The van der Waals surface area contributed by atoms with Crippen LogP contribution >= 0.6 is 11.3 Å². The molecule has 0 aliphatic heterocycles. The summed E-state index contributed by atoms with van der Waals surface area (Å²) in [6.07, 6.45) is 5.06. The lowest BCUT2D eigenvalue weighted by atomic mass is 10.1. The number of aryl methyl sites for hydroxylation is 2. The van der Waals surface area contributed by atoms with E-state index in [1.54, 1.807) is 61.2 Å². The molecule has 18 heteroatoms. The summed E-state index contributed by atoms with van der Waals surface area (Å²) in [4.78, 5) is 69.5.